The van der Waals surface area contributed by atoms with Crippen LogP contribution in [0.4, 0.5) is 0 Å². The van der Waals surface area contributed by atoms with Gasteiger partial charge < -0.3 is 9.47 Å². The highest BCUT2D eigenvalue weighted by molar-refractivity contribution is 6.08. The first kappa shape index (κ1) is 14.6. The Kier molecular flexibility index (Phi) is 2.49. The predicted molar refractivity (Wildman–Crippen MR) is 78.3 cm³/mol. The van der Waals surface area contributed by atoms with Gasteiger partial charge in [-0.3, -0.25) is 19.2 Å². The van der Waals surface area contributed by atoms with Crippen LogP contribution >= 0.6 is 0 Å². The van der Waals surface area contributed by atoms with Crippen molar-refractivity contribution in [2.24, 2.45) is 46.3 Å². The lowest BCUT2D eigenvalue weighted by atomic mass is 9.49. The molecule has 0 aromatic carbocycles. The molecule has 0 aromatic heterocycles. The fourth-order valence-corrected chi connectivity index (χ4v) is 7.86. The maximum absolute atomic E-state index is 13.1. The van der Waals surface area contributed by atoms with Crippen molar-refractivity contribution in [2.45, 2.75) is 26.7 Å². The second-order valence-electron chi connectivity index (χ2n) is 7.84. The second kappa shape index (κ2) is 4.09. The van der Waals surface area contributed by atoms with Gasteiger partial charge in [0.1, 0.15) is 11.6 Å². The third-order valence-corrected chi connectivity index (χ3v) is 7.74. The topological polar surface area (TPSA) is 86.7 Å². The Labute approximate surface area is 139 Å². The Morgan fingerprint density at radius 3 is 1.58 bits per heavy atom. The quantitative estimate of drug-likeness (QED) is 0.707. The largest absolute Gasteiger partial charge is 0.466 e. The lowest BCUT2D eigenvalue weighted by Gasteiger charge is -2.50. The van der Waals surface area contributed by atoms with Crippen LogP contribution in [0.3, 0.4) is 0 Å². The summed E-state index contributed by atoms with van der Waals surface area (Å²) in [4.78, 5) is 51.5. The Balaban J connectivity index is 1.77. The van der Waals surface area contributed by atoms with Gasteiger partial charge in [-0.05, 0) is 37.5 Å². The van der Waals surface area contributed by atoms with Crippen LogP contribution in [0.1, 0.15) is 26.7 Å². The normalized spacial score (nSPS) is 51.8. The summed E-state index contributed by atoms with van der Waals surface area (Å²) in [6, 6.07) is 0. The minimum Gasteiger partial charge on any atom is -0.466 e. The van der Waals surface area contributed by atoms with Crippen LogP contribution in [0.25, 0.3) is 0 Å². The monoisotopic (exact) mass is 332 g/mol. The maximum atomic E-state index is 13.1. The van der Waals surface area contributed by atoms with Gasteiger partial charge in [-0.1, -0.05) is 0 Å². The van der Waals surface area contributed by atoms with Crippen molar-refractivity contribution < 1.29 is 28.7 Å². The molecule has 6 fully saturated rings. The third-order valence-electron chi connectivity index (χ3n) is 7.74. The van der Waals surface area contributed by atoms with Crippen molar-refractivity contribution in [3.63, 3.8) is 0 Å². The summed E-state index contributed by atoms with van der Waals surface area (Å²) >= 11 is 0. The van der Waals surface area contributed by atoms with E-state index in [9.17, 15) is 19.2 Å². The molecule has 8 unspecified atom stereocenters. The van der Waals surface area contributed by atoms with E-state index in [2.05, 4.69) is 0 Å². The molecule has 0 aromatic rings. The van der Waals surface area contributed by atoms with Gasteiger partial charge in [0.05, 0.1) is 24.0 Å². The fourth-order valence-electron chi connectivity index (χ4n) is 7.86. The van der Waals surface area contributed by atoms with Crippen molar-refractivity contribution in [1.29, 1.82) is 0 Å². The molecule has 0 spiro atoms. The SMILES string of the molecule is CCOC(=O)C12C3CC(=O)C4C3C3C(CC(=O)C31)C42C(=O)OCC. The summed E-state index contributed by atoms with van der Waals surface area (Å²) in [7, 11) is 0. The van der Waals surface area contributed by atoms with E-state index in [-0.39, 0.29) is 48.5 Å². The summed E-state index contributed by atoms with van der Waals surface area (Å²) < 4.78 is 10.8. The number of Topliss-reactive ketones (excluding diaryl/α,β-unsaturated/α-hetero) is 2. The Hall–Kier alpha value is -1.72. The highest BCUT2D eigenvalue weighted by atomic mass is 16.5. The Morgan fingerprint density at radius 2 is 1.25 bits per heavy atom. The summed E-state index contributed by atoms with van der Waals surface area (Å²) in [6.45, 7) is 3.85. The van der Waals surface area contributed by atoms with E-state index in [4.69, 9.17) is 9.47 Å². The van der Waals surface area contributed by atoms with Crippen molar-refractivity contribution in [3.05, 3.63) is 0 Å². The van der Waals surface area contributed by atoms with Crippen LogP contribution in [-0.2, 0) is 28.7 Å². The van der Waals surface area contributed by atoms with Crippen LogP contribution in [-0.4, -0.2) is 36.7 Å². The van der Waals surface area contributed by atoms with E-state index in [1.165, 1.54) is 0 Å². The second-order valence-corrected chi connectivity index (χ2v) is 7.84. The number of esters is 2. The van der Waals surface area contributed by atoms with E-state index in [1.54, 1.807) is 13.8 Å². The molecule has 0 heterocycles. The van der Waals surface area contributed by atoms with Gasteiger partial charge in [-0.25, -0.2) is 0 Å². The summed E-state index contributed by atoms with van der Waals surface area (Å²) in [5.74, 6) is -2.17. The fraction of sp³-hybridized carbons (Fsp3) is 0.778. The number of carbonyl (C=O) groups is 4. The molecule has 6 saturated carbocycles. The van der Waals surface area contributed by atoms with E-state index >= 15 is 0 Å². The van der Waals surface area contributed by atoms with Gasteiger partial charge in [0, 0.05) is 24.7 Å². The Morgan fingerprint density at radius 1 is 0.875 bits per heavy atom. The number of rotatable bonds is 4. The van der Waals surface area contributed by atoms with Crippen LogP contribution in [0.2, 0.25) is 0 Å². The van der Waals surface area contributed by atoms with E-state index in [1.807, 2.05) is 0 Å². The lowest BCUT2D eigenvalue weighted by Crippen LogP contribution is -2.63. The molecular weight excluding hydrogens is 312 g/mol. The molecule has 128 valence electrons. The number of hydrogen-bond donors (Lipinski definition) is 0. The van der Waals surface area contributed by atoms with Crippen molar-refractivity contribution in [3.8, 4) is 0 Å². The van der Waals surface area contributed by atoms with E-state index in [0.29, 0.717) is 12.8 Å². The van der Waals surface area contributed by atoms with Gasteiger partial charge >= 0.3 is 11.9 Å². The van der Waals surface area contributed by atoms with Crippen molar-refractivity contribution >= 4 is 23.5 Å². The van der Waals surface area contributed by atoms with Crippen LogP contribution < -0.4 is 0 Å². The molecule has 6 rings (SSSR count). The van der Waals surface area contributed by atoms with Gasteiger partial charge in [0.2, 0.25) is 0 Å². The molecule has 8 atom stereocenters. The minimum absolute atomic E-state index is 0.0206. The third kappa shape index (κ3) is 1.04. The zero-order valence-electron chi connectivity index (χ0n) is 13.7. The van der Waals surface area contributed by atoms with Gasteiger partial charge in [-0.15, -0.1) is 0 Å². The lowest BCUT2D eigenvalue weighted by molar-refractivity contribution is -0.197. The molecule has 24 heavy (non-hydrogen) atoms. The zero-order chi connectivity index (χ0) is 17.0. The zero-order valence-corrected chi connectivity index (χ0v) is 13.7. The molecule has 6 nitrogen and oxygen atoms in total. The van der Waals surface area contributed by atoms with Gasteiger partial charge in [0.15, 0.2) is 0 Å². The van der Waals surface area contributed by atoms with Gasteiger partial charge in [-0.2, -0.15) is 0 Å². The standard InChI is InChI=1S/C18H20O6/c1-3-23-15(21)17-7-5-10(20)14-11(7)12-8(6-9(19)13(12)17)18(14,17)16(22)24-4-2/h7-8,11-14H,3-6H2,1-2H3. The minimum atomic E-state index is -1.15. The van der Waals surface area contributed by atoms with Gasteiger partial charge in [0.25, 0.3) is 0 Å². The molecule has 8 bridgehead atoms. The summed E-state index contributed by atoms with van der Waals surface area (Å²) in [5.41, 5.74) is -2.30. The molecule has 0 amide bonds. The smallest absolute Gasteiger partial charge is 0.314 e. The summed E-state index contributed by atoms with van der Waals surface area (Å²) in [6.07, 6.45) is 0.588. The number of ketones is 2. The van der Waals surface area contributed by atoms with E-state index < -0.39 is 34.6 Å². The molecule has 6 aliphatic rings. The molecule has 0 aliphatic heterocycles. The van der Waals surface area contributed by atoms with Crippen LogP contribution in [0.15, 0.2) is 0 Å². The number of ether oxygens (including phenoxy) is 2. The number of carbonyl (C=O) groups excluding carboxylic acids is 4. The first-order chi connectivity index (χ1) is 11.5. The Bertz CT molecular complexity index is 652. The highest BCUT2D eigenvalue weighted by Crippen LogP contribution is 2.91. The van der Waals surface area contributed by atoms with Crippen LogP contribution in [0, 0.1) is 46.3 Å². The molecule has 6 aliphatic carbocycles. The average molecular weight is 332 g/mol. The first-order valence-electron chi connectivity index (χ1n) is 8.89. The highest BCUT2D eigenvalue weighted by Gasteiger charge is 2.99. The van der Waals surface area contributed by atoms with Crippen molar-refractivity contribution in [1.82, 2.24) is 0 Å². The van der Waals surface area contributed by atoms with Crippen LogP contribution in [0.5, 0.6) is 0 Å². The number of hydrogen-bond acceptors (Lipinski definition) is 6. The predicted octanol–water partition coefficient (Wildman–Crippen LogP) is 0.769. The maximum Gasteiger partial charge on any atom is 0.314 e. The molecule has 0 N–H and O–H groups in total. The summed E-state index contributed by atoms with van der Waals surface area (Å²) in [5, 5.41) is 0. The van der Waals surface area contributed by atoms with E-state index in [0.717, 1.165) is 0 Å². The average Bonchev–Trinajstić information content (AvgIpc) is 3.28. The first-order valence-corrected chi connectivity index (χ1v) is 8.89. The molecule has 6 heteroatoms. The molecular formula is C18H20O6. The molecule has 0 saturated heterocycles. The molecule has 0 radical (unpaired) electrons. The van der Waals surface area contributed by atoms with Crippen molar-refractivity contribution in [2.75, 3.05) is 13.2 Å².